The molecule has 0 N–H and O–H groups in total. The quantitative estimate of drug-likeness (QED) is 0.357. The van der Waals surface area contributed by atoms with E-state index in [0.29, 0.717) is 11.3 Å². The average molecular weight is 163 g/mol. The fourth-order valence-electron chi connectivity index (χ4n) is 1.19. The predicted octanol–water partition coefficient (Wildman–Crippen LogP) is 1.41. The summed E-state index contributed by atoms with van der Waals surface area (Å²) in [5.74, 6) is -0.154. The van der Waals surface area contributed by atoms with E-state index in [1.54, 1.807) is 24.3 Å². The maximum atomic E-state index is 10.9. The number of carbonyl (C=O) groups excluding carboxylic acids is 1. The Bertz CT molecular complexity index is 348. The molecule has 0 bridgehead atoms. The van der Waals surface area contributed by atoms with Crippen molar-refractivity contribution in [2.75, 3.05) is 0 Å². The Morgan fingerprint density at radius 1 is 1.33 bits per heavy atom. The number of carbonyl (C=O) groups is 1. The standard InChI is InChI=1S/C8H5NO3/c10-8-7(9-11)5-3-1-2-4-6(5)12-8/h1-4,7H. The molecule has 0 saturated carbocycles. The molecule has 4 nitrogen and oxygen atoms in total. The molecular weight excluding hydrogens is 158 g/mol. The highest BCUT2D eigenvalue weighted by Crippen LogP contribution is 2.34. The van der Waals surface area contributed by atoms with E-state index in [9.17, 15) is 9.70 Å². The lowest BCUT2D eigenvalue weighted by atomic mass is 10.1. The summed E-state index contributed by atoms with van der Waals surface area (Å²) < 4.78 is 4.78. The molecule has 0 spiro atoms. The van der Waals surface area contributed by atoms with Crippen LogP contribution in [0.15, 0.2) is 29.4 Å². The van der Waals surface area contributed by atoms with Crippen LogP contribution in [0.1, 0.15) is 11.6 Å². The number of esters is 1. The first-order valence-corrected chi connectivity index (χ1v) is 3.46. The average Bonchev–Trinajstić information content (AvgIpc) is 2.40. The largest absolute Gasteiger partial charge is 0.424 e. The third-order valence-electron chi connectivity index (χ3n) is 1.75. The number of ether oxygens (including phenoxy) is 1. The Labute approximate surface area is 68.1 Å². The van der Waals surface area contributed by atoms with Crippen molar-refractivity contribution in [3.63, 3.8) is 0 Å². The van der Waals surface area contributed by atoms with Crippen molar-refractivity contribution in [3.8, 4) is 5.75 Å². The lowest BCUT2D eigenvalue weighted by Gasteiger charge is -1.93. The van der Waals surface area contributed by atoms with Gasteiger partial charge in [-0.15, -0.1) is 4.91 Å². The van der Waals surface area contributed by atoms with E-state index >= 15 is 0 Å². The van der Waals surface area contributed by atoms with E-state index in [1.807, 2.05) is 0 Å². The zero-order valence-corrected chi connectivity index (χ0v) is 6.06. The number of hydrogen-bond acceptors (Lipinski definition) is 4. The molecule has 1 aliphatic rings. The third-order valence-corrected chi connectivity index (χ3v) is 1.75. The van der Waals surface area contributed by atoms with Gasteiger partial charge >= 0.3 is 5.97 Å². The van der Waals surface area contributed by atoms with Crippen LogP contribution in [0.4, 0.5) is 0 Å². The minimum Gasteiger partial charge on any atom is -0.424 e. The second-order valence-electron chi connectivity index (χ2n) is 2.47. The lowest BCUT2D eigenvalue weighted by molar-refractivity contribution is -0.133. The van der Waals surface area contributed by atoms with Crippen molar-refractivity contribution in [1.82, 2.24) is 0 Å². The van der Waals surface area contributed by atoms with Crippen molar-refractivity contribution in [1.29, 1.82) is 0 Å². The van der Waals surface area contributed by atoms with E-state index in [2.05, 4.69) is 5.18 Å². The molecule has 0 aromatic heterocycles. The number of para-hydroxylation sites is 1. The van der Waals surface area contributed by atoms with Crippen molar-refractivity contribution in [3.05, 3.63) is 34.7 Å². The SMILES string of the molecule is O=NC1C(=O)Oc2ccccc21. The molecular formula is C8H5NO3. The molecule has 0 fully saturated rings. The number of fused-ring (bicyclic) bond motifs is 1. The molecule has 1 atom stereocenters. The zero-order chi connectivity index (χ0) is 8.55. The lowest BCUT2D eigenvalue weighted by Crippen LogP contribution is -2.06. The highest BCUT2D eigenvalue weighted by atomic mass is 16.5. The van der Waals surface area contributed by atoms with Crippen LogP contribution in [-0.2, 0) is 4.79 Å². The number of benzene rings is 1. The summed E-state index contributed by atoms with van der Waals surface area (Å²) in [6, 6.07) is 5.80. The van der Waals surface area contributed by atoms with Gasteiger partial charge in [0, 0.05) is 5.56 Å². The molecule has 0 radical (unpaired) electrons. The summed E-state index contributed by atoms with van der Waals surface area (Å²) in [5, 5.41) is 2.69. The topological polar surface area (TPSA) is 55.7 Å². The van der Waals surface area contributed by atoms with Gasteiger partial charge < -0.3 is 4.74 Å². The highest BCUT2D eigenvalue weighted by molar-refractivity contribution is 5.85. The van der Waals surface area contributed by atoms with Gasteiger partial charge in [-0.2, -0.15) is 0 Å². The Hall–Kier alpha value is -1.71. The van der Waals surface area contributed by atoms with E-state index in [-0.39, 0.29) is 0 Å². The van der Waals surface area contributed by atoms with Gasteiger partial charge in [-0.1, -0.05) is 18.2 Å². The van der Waals surface area contributed by atoms with E-state index < -0.39 is 12.0 Å². The number of nitrogens with zero attached hydrogens (tertiary/aromatic N) is 1. The monoisotopic (exact) mass is 163 g/mol. The van der Waals surface area contributed by atoms with Crippen LogP contribution in [0.25, 0.3) is 0 Å². The van der Waals surface area contributed by atoms with E-state index in [1.165, 1.54) is 0 Å². The Kier molecular flexibility index (Phi) is 1.40. The molecule has 1 aliphatic heterocycles. The Morgan fingerprint density at radius 2 is 2.08 bits per heavy atom. The van der Waals surface area contributed by atoms with Crippen LogP contribution in [0.3, 0.4) is 0 Å². The first kappa shape index (κ1) is 6.97. The second kappa shape index (κ2) is 2.41. The molecule has 4 heteroatoms. The number of rotatable bonds is 1. The predicted molar refractivity (Wildman–Crippen MR) is 40.6 cm³/mol. The Morgan fingerprint density at radius 3 is 2.83 bits per heavy atom. The molecule has 1 heterocycles. The van der Waals surface area contributed by atoms with Gasteiger partial charge in [0.25, 0.3) is 0 Å². The molecule has 1 aromatic rings. The maximum Gasteiger partial charge on any atom is 0.344 e. The van der Waals surface area contributed by atoms with Gasteiger partial charge in [-0.3, -0.25) is 0 Å². The first-order valence-electron chi connectivity index (χ1n) is 3.46. The first-order chi connectivity index (χ1) is 5.83. The zero-order valence-electron chi connectivity index (χ0n) is 6.06. The summed E-state index contributed by atoms with van der Waals surface area (Å²) in [6.07, 6.45) is 0. The molecule has 0 amide bonds. The molecule has 0 saturated heterocycles. The van der Waals surface area contributed by atoms with Gasteiger partial charge in [0.15, 0.2) is 0 Å². The van der Waals surface area contributed by atoms with E-state index in [4.69, 9.17) is 4.74 Å². The summed E-state index contributed by atoms with van der Waals surface area (Å²) in [7, 11) is 0. The summed E-state index contributed by atoms with van der Waals surface area (Å²) in [6.45, 7) is 0. The minimum absolute atomic E-state index is 0.437. The smallest absolute Gasteiger partial charge is 0.344 e. The van der Waals surface area contributed by atoms with Crippen LogP contribution in [0.5, 0.6) is 5.75 Å². The molecule has 1 unspecified atom stereocenters. The molecule has 12 heavy (non-hydrogen) atoms. The van der Waals surface area contributed by atoms with Gasteiger partial charge in [-0.25, -0.2) is 4.79 Å². The van der Waals surface area contributed by atoms with Crippen molar-refractivity contribution in [2.45, 2.75) is 6.04 Å². The van der Waals surface area contributed by atoms with Crippen molar-refractivity contribution >= 4 is 5.97 Å². The fourth-order valence-corrected chi connectivity index (χ4v) is 1.19. The van der Waals surface area contributed by atoms with Crippen molar-refractivity contribution < 1.29 is 9.53 Å². The maximum absolute atomic E-state index is 10.9. The summed E-state index contributed by atoms with van der Waals surface area (Å²) in [4.78, 5) is 21.2. The highest BCUT2D eigenvalue weighted by Gasteiger charge is 2.33. The van der Waals surface area contributed by atoms with Crippen molar-refractivity contribution in [2.24, 2.45) is 5.18 Å². The van der Waals surface area contributed by atoms with Gasteiger partial charge in [0.1, 0.15) is 5.75 Å². The molecule has 0 aliphatic carbocycles. The van der Waals surface area contributed by atoms with Crippen LogP contribution in [0, 0.1) is 4.91 Å². The molecule has 60 valence electrons. The fraction of sp³-hybridized carbons (Fsp3) is 0.125. The van der Waals surface area contributed by atoms with Crippen LogP contribution < -0.4 is 4.74 Å². The summed E-state index contributed by atoms with van der Waals surface area (Å²) in [5.41, 5.74) is 0.553. The van der Waals surface area contributed by atoms with Crippen LogP contribution in [-0.4, -0.2) is 5.97 Å². The summed E-state index contributed by atoms with van der Waals surface area (Å²) >= 11 is 0. The second-order valence-corrected chi connectivity index (χ2v) is 2.47. The Balaban J connectivity index is 2.54. The van der Waals surface area contributed by atoms with Gasteiger partial charge in [0.05, 0.1) is 0 Å². The number of nitroso groups, excluding NO2 is 1. The molecule has 1 aromatic carbocycles. The minimum atomic E-state index is -0.971. The van der Waals surface area contributed by atoms with Gasteiger partial charge in [-0.05, 0) is 11.2 Å². The van der Waals surface area contributed by atoms with E-state index in [0.717, 1.165) is 0 Å². The van der Waals surface area contributed by atoms with Gasteiger partial charge in [0.2, 0.25) is 6.04 Å². The molecule has 2 rings (SSSR count). The normalized spacial score (nSPS) is 20.0. The third kappa shape index (κ3) is 0.812. The van der Waals surface area contributed by atoms with Crippen LogP contribution in [0.2, 0.25) is 0 Å². The van der Waals surface area contributed by atoms with Crippen LogP contribution >= 0.6 is 0 Å². The number of hydrogen-bond donors (Lipinski definition) is 0.